The minimum Gasteiger partial charge on any atom is -0.393 e. The predicted molar refractivity (Wildman–Crippen MR) is 94.0 cm³/mol. The van der Waals surface area contributed by atoms with E-state index in [0.717, 1.165) is 25.1 Å². The number of aromatic nitrogens is 5. The van der Waals surface area contributed by atoms with Crippen LogP contribution in [0.25, 0.3) is 0 Å². The van der Waals surface area contributed by atoms with Gasteiger partial charge in [0.05, 0.1) is 6.33 Å². The molecule has 0 radical (unpaired) electrons. The molecule has 24 heavy (non-hydrogen) atoms. The van der Waals surface area contributed by atoms with Gasteiger partial charge in [0.2, 0.25) is 0 Å². The maximum Gasteiger partial charge on any atom is 0.160 e. The summed E-state index contributed by atoms with van der Waals surface area (Å²) in [5.41, 5.74) is 7.74. The predicted octanol–water partition coefficient (Wildman–Crippen LogP) is 2.20. The topological polar surface area (TPSA) is 107 Å². The lowest BCUT2D eigenvalue weighted by atomic mass is 10.3. The van der Waals surface area contributed by atoms with Gasteiger partial charge in [0.1, 0.15) is 17.8 Å². The normalized spacial score (nSPS) is 10.5. The summed E-state index contributed by atoms with van der Waals surface area (Å²) < 4.78 is 2.03. The van der Waals surface area contributed by atoms with Gasteiger partial charge in [0.25, 0.3) is 0 Å². The van der Waals surface area contributed by atoms with Gasteiger partial charge in [-0.1, -0.05) is 0 Å². The molecule has 0 atom stereocenters. The Kier molecular flexibility index (Phi) is 4.85. The Labute approximate surface area is 140 Å². The molecule has 124 valence electrons. The highest BCUT2D eigenvalue weighted by Crippen LogP contribution is 2.25. The third kappa shape index (κ3) is 3.97. The van der Waals surface area contributed by atoms with Gasteiger partial charge in [0, 0.05) is 31.7 Å². The van der Waals surface area contributed by atoms with Gasteiger partial charge in [-0.15, -0.1) is 0 Å². The highest BCUT2D eigenvalue weighted by Gasteiger charge is 2.08. The van der Waals surface area contributed by atoms with Crippen molar-refractivity contribution in [1.82, 2.24) is 24.5 Å². The summed E-state index contributed by atoms with van der Waals surface area (Å²) in [7, 11) is 0. The van der Waals surface area contributed by atoms with Crippen molar-refractivity contribution in [3.63, 3.8) is 0 Å². The zero-order valence-electron chi connectivity index (χ0n) is 13.5. The molecule has 0 aromatic carbocycles. The lowest BCUT2D eigenvalue weighted by Gasteiger charge is -2.12. The molecule has 3 heterocycles. The first-order valence-corrected chi connectivity index (χ1v) is 7.72. The third-order valence-corrected chi connectivity index (χ3v) is 3.49. The van der Waals surface area contributed by atoms with Crippen LogP contribution in [-0.4, -0.2) is 31.0 Å². The van der Waals surface area contributed by atoms with E-state index in [4.69, 9.17) is 5.73 Å². The molecule has 0 fully saturated rings. The first-order valence-electron chi connectivity index (χ1n) is 7.72. The van der Waals surface area contributed by atoms with Crippen LogP contribution in [0.3, 0.4) is 0 Å². The van der Waals surface area contributed by atoms with Gasteiger partial charge in [0.15, 0.2) is 11.6 Å². The number of rotatable bonds is 7. The van der Waals surface area contributed by atoms with Gasteiger partial charge in [-0.3, -0.25) is 0 Å². The molecule has 0 aliphatic heterocycles. The Hall–Kier alpha value is -3.16. The summed E-state index contributed by atoms with van der Waals surface area (Å²) in [5.74, 6) is 1.86. The largest absolute Gasteiger partial charge is 0.393 e. The van der Waals surface area contributed by atoms with Crippen molar-refractivity contribution < 1.29 is 0 Å². The molecule has 0 bridgehead atoms. The summed E-state index contributed by atoms with van der Waals surface area (Å²) in [6.07, 6.45) is 9.66. The maximum absolute atomic E-state index is 6.15. The number of hydrogen-bond donors (Lipinski definition) is 3. The smallest absolute Gasteiger partial charge is 0.160 e. The number of nitrogens with two attached hydrogens (primary N) is 1. The van der Waals surface area contributed by atoms with E-state index in [2.05, 4.69) is 30.6 Å². The van der Waals surface area contributed by atoms with Crippen LogP contribution < -0.4 is 16.4 Å². The van der Waals surface area contributed by atoms with Crippen LogP contribution in [0, 0.1) is 6.92 Å². The molecule has 0 aliphatic rings. The van der Waals surface area contributed by atoms with E-state index in [1.165, 1.54) is 6.33 Å². The standard InChI is InChI=1S/C16H20N8/c1-12-3-5-19-13(9-12)23-16-14(17)15(21-10-22-16)20-4-2-7-24-8-6-18-11-24/h3,5-6,8-11H,2,4,7,17H2,1H3,(H2,19,20,21,22,23). The van der Waals surface area contributed by atoms with Gasteiger partial charge in [-0.25, -0.2) is 19.9 Å². The van der Waals surface area contributed by atoms with Gasteiger partial charge in [-0.2, -0.15) is 0 Å². The van der Waals surface area contributed by atoms with Crippen LogP contribution in [0.15, 0.2) is 43.4 Å². The number of hydrogen-bond acceptors (Lipinski definition) is 7. The van der Waals surface area contributed by atoms with Crippen molar-refractivity contribution in [2.45, 2.75) is 19.9 Å². The summed E-state index contributed by atoms with van der Waals surface area (Å²) in [6, 6.07) is 3.86. The lowest BCUT2D eigenvalue weighted by Crippen LogP contribution is -2.11. The maximum atomic E-state index is 6.15. The lowest BCUT2D eigenvalue weighted by molar-refractivity contribution is 0.660. The number of imidazole rings is 1. The van der Waals surface area contributed by atoms with Crippen LogP contribution in [0.5, 0.6) is 0 Å². The van der Waals surface area contributed by atoms with Crippen LogP contribution in [-0.2, 0) is 6.54 Å². The van der Waals surface area contributed by atoms with Crippen molar-refractivity contribution >= 4 is 23.1 Å². The van der Waals surface area contributed by atoms with E-state index in [0.29, 0.717) is 23.1 Å². The van der Waals surface area contributed by atoms with Crippen molar-refractivity contribution in [3.8, 4) is 0 Å². The zero-order chi connectivity index (χ0) is 16.8. The molecule has 8 nitrogen and oxygen atoms in total. The molecule has 0 spiro atoms. The first-order chi connectivity index (χ1) is 11.7. The van der Waals surface area contributed by atoms with E-state index >= 15 is 0 Å². The first kappa shape index (κ1) is 15.7. The molecular weight excluding hydrogens is 304 g/mol. The molecule has 4 N–H and O–H groups in total. The molecule has 0 saturated carbocycles. The Morgan fingerprint density at radius 1 is 1.17 bits per heavy atom. The highest BCUT2D eigenvalue weighted by molar-refractivity contribution is 5.76. The molecule has 3 rings (SSSR count). The van der Waals surface area contributed by atoms with Crippen molar-refractivity contribution in [2.24, 2.45) is 0 Å². The fourth-order valence-corrected chi connectivity index (χ4v) is 2.25. The molecule has 0 saturated heterocycles. The van der Waals surface area contributed by atoms with Crippen LogP contribution in [0.2, 0.25) is 0 Å². The number of anilines is 4. The Bertz CT molecular complexity index is 785. The second-order valence-electron chi connectivity index (χ2n) is 5.41. The Morgan fingerprint density at radius 3 is 2.83 bits per heavy atom. The van der Waals surface area contributed by atoms with E-state index in [-0.39, 0.29) is 0 Å². The number of nitrogens with zero attached hydrogens (tertiary/aromatic N) is 5. The van der Waals surface area contributed by atoms with E-state index in [1.54, 1.807) is 18.7 Å². The molecule has 0 amide bonds. The summed E-state index contributed by atoms with van der Waals surface area (Å²) in [4.78, 5) is 16.7. The number of nitrogens with one attached hydrogen (secondary N) is 2. The van der Waals surface area contributed by atoms with Crippen LogP contribution in [0.1, 0.15) is 12.0 Å². The Morgan fingerprint density at radius 2 is 2.04 bits per heavy atom. The highest BCUT2D eigenvalue weighted by atomic mass is 15.1. The second-order valence-corrected chi connectivity index (χ2v) is 5.41. The monoisotopic (exact) mass is 324 g/mol. The fourth-order valence-electron chi connectivity index (χ4n) is 2.25. The van der Waals surface area contributed by atoms with E-state index < -0.39 is 0 Å². The second kappa shape index (κ2) is 7.40. The molecule has 0 unspecified atom stereocenters. The molecule has 3 aromatic rings. The average Bonchev–Trinajstić information content (AvgIpc) is 3.08. The van der Waals surface area contributed by atoms with Crippen molar-refractivity contribution in [1.29, 1.82) is 0 Å². The van der Waals surface area contributed by atoms with Gasteiger partial charge in [-0.05, 0) is 31.0 Å². The number of pyridine rings is 1. The zero-order valence-corrected chi connectivity index (χ0v) is 13.5. The minimum absolute atomic E-state index is 0.475. The summed E-state index contributed by atoms with van der Waals surface area (Å²) >= 11 is 0. The number of aryl methyl sites for hydroxylation is 2. The third-order valence-electron chi connectivity index (χ3n) is 3.49. The summed E-state index contributed by atoms with van der Waals surface area (Å²) in [6.45, 7) is 3.64. The fraction of sp³-hybridized carbons (Fsp3) is 0.250. The van der Waals surface area contributed by atoms with Gasteiger partial charge >= 0.3 is 0 Å². The minimum atomic E-state index is 0.475. The van der Waals surface area contributed by atoms with E-state index in [9.17, 15) is 0 Å². The van der Waals surface area contributed by atoms with E-state index in [1.807, 2.05) is 29.8 Å². The van der Waals surface area contributed by atoms with Gasteiger partial charge < -0.3 is 20.9 Å². The molecule has 3 aromatic heterocycles. The quantitative estimate of drug-likeness (QED) is 0.572. The molecule has 8 heteroatoms. The summed E-state index contributed by atoms with van der Waals surface area (Å²) in [5, 5.41) is 6.37. The Balaban J connectivity index is 1.60. The van der Waals surface area contributed by atoms with Crippen molar-refractivity contribution in [3.05, 3.63) is 48.9 Å². The van der Waals surface area contributed by atoms with Crippen LogP contribution in [0.4, 0.5) is 23.1 Å². The molecular formula is C16H20N8. The SMILES string of the molecule is Cc1ccnc(Nc2ncnc(NCCCn3ccnc3)c2N)c1. The van der Waals surface area contributed by atoms with Crippen molar-refractivity contribution in [2.75, 3.05) is 22.9 Å². The van der Waals surface area contributed by atoms with Crippen LogP contribution >= 0.6 is 0 Å². The average molecular weight is 324 g/mol. The number of nitrogen functional groups attached to an aromatic ring is 1. The molecule has 0 aliphatic carbocycles.